The van der Waals surface area contributed by atoms with E-state index in [9.17, 15) is 23.6 Å². The number of benzene rings is 1. The second-order valence-electron chi connectivity index (χ2n) is 12.1. The van der Waals surface area contributed by atoms with Gasteiger partial charge < -0.3 is 20.9 Å². The number of hydrogen-bond donors (Lipinski definition) is 2. The molecular weight excluding hydrogens is 654 g/mol. The van der Waals surface area contributed by atoms with E-state index in [1.54, 1.807) is 24.1 Å². The Kier molecular flexibility index (Phi) is 9.10. The Hall–Kier alpha value is -4.47. The van der Waals surface area contributed by atoms with E-state index in [2.05, 4.69) is 22.9 Å². The summed E-state index contributed by atoms with van der Waals surface area (Å²) in [6.45, 7) is 13.4. The molecular formula is C33H32Cl2F3N7O2. The number of hydrogen-bond acceptors (Lipinski definition) is 7. The number of rotatable bonds is 5. The zero-order chi connectivity index (χ0) is 34.6. The van der Waals surface area contributed by atoms with Crippen molar-refractivity contribution in [2.45, 2.75) is 52.7 Å². The molecule has 1 amide bonds. The highest BCUT2D eigenvalue weighted by Crippen LogP contribution is 2.43. The molecule has 47 heavy (non-hydrogen) atoms. The number of dihydropyridines is 1. The highest BCUT2D eigenvalue weighted by molar-refractivity contribution is 6.38. The predicted molar refractivity (Wildman–Crippen MR) is 178 cm³/mol. The minimum atomic E-state index is -1.87. The van der Waals surface area contributed by atoms with Crippen LogP contribution in [0.15, 0.2) is 41.4 Å². The van der Waals surface area contributed by atoms with Crippen LogP contribution >= 0.6 is 23.2 Å². The first-order valence-electron chi connectivity index (χ1n) is 14.8. The van der Waals surface area contributed by atoms with Gasteiger partial charge in [-0.25, -0.2) is 18.2 Å². The molecule has 2 aliphatic heterocycles. The van der Waals surface area contributed by atoms with Crippen molar-refractivity contribution in [1.29, 1.82) is 5.26 Å². The number of fused-ring (bicyclic) bond motifs is 1. The molecule has 0 radical (unpaired) electrons. The number of nitriles is 1. The van der Waals surface area contributed by atoms with Gasteiger partial charge in [-0.2, -0.15) is 5.26 Å². The fourth-order valence-corrected chi connectivity index (χ4v) is 7.01. The summed E-state index contributed by atoms with van der Waals surface area (Å²) >= 11 is 13.0. The fourth-order valence-electron chi connectivity index (χ4n) is 6.51. The van der Waals surface area contributed by atoms with Crippen LogP contribution in [0.3, 0.4) is 0 Å². The van der Waals surface area contributed by atoms with Crippen molar-refractivity contribution in [2.75, 3.05) is 23.7 Å². The molecule has 1 saturated heterocycles. The van der Waals surface area contributed by atoms with Crippen molar-refractivity contribution in [3.05, 3.63) is 80.0 Å². The lowest BCUT2D eigenvalue weighted by Crippen LogP contribution is -2.58. The number of nitrogens with two attached hydrogens (primary N) is 1. The molecule has 1 aromatic carbocycles. The van der Waals surface area contributed by atoms with Gasteiger partial charge in [-0.1, -0.05) is 43.6 Å². The highest BCUT2D eigenvalue weighted by atomic mass is 35.5. The minimum absolute atomic E-state index is 0.0378. The van der Waals surface area contributed by atoms with Crippen LogP contribution < -0.4 is 21.5 Å². The number of nitrogen functional groups attached to an aromatic ring is 1. The Balaban J connectivity index is 1.92. The van der Waals surface area contributed by atoms with E-state index in [1.807, 2.05) is 32.6 Å². The Morgan fingerprint density at radius 3 is 2.40 bits per heavy atom. The first-order valence-corrected chi connectivity index (χ1v) is 15.6. The average Bonchev–Trinajstić information content (AvgIpc) is 3.02. The van der Waals surface area contributed by atoms with Crippen molar-refractivity contribution < 1.29 is 18.0 Å². The number of piperazine rings is 1. The van der Waals surface area contributed by atoms with E-state index in [-0.39, 0.29) is 64.3 Å². The molecule has 4 heterocycles. The number of carbonyl (C=O) groups excluding carboxylic acids is 1. The fraction of sp³-hybridized carbons (Fsp3) is 0.333. The first-order chi connectivity index (χ1) is 22.2. The summed E-state index contributed by atoms with van der Waals surface area (Å²) in [7, 11) is 0. The maximum Gasteiger partial charge on any atom is 0.276 e. The summed E-state index contributed by atoms with van der Waals surface area (Å²) in [4.78, 5) is 35.3. The van der Waals surface area contributed by atoms with Crippen LogP contribution in [-0.4, -0.2) is 51.6 Å². The number of nitrogens with zero attached hydrogens (tertiary/aromatic N) is 5. The van der Waals surface area contributed by atoms with Crippen LogP contribution in [0.25, 0.3) is 28.0 Å². The smallest absolute Gasteiger partial charge is 0.276 e. The lowest BCUT2D eigenvalue weighted by atomic mass is 9.94. The topological polar surface area (TPSA) is 120 Å². The van der Waals surface area contributed by atoms with E-state index >= 15 is 4.39 Å². The summed E-state index contributed by atoms with van der Waals surface area (Å²) in [6, 6.07) is 2.35. The van der Waals surface area contributed by atoms with E-state index in [0.717, 1.165) is 0 Å². The second kappa shape index (κ2) is 12.6. The largest absolute Gasteiger partial charge is 0.395 e. The summed E-state index contributed by atoms with van der Waals surface area (Å²) in [5, 5.41) is 13.1. The van der Waals surface area contributed by atoms with Crippen LogP contribution in [0, 0.1) is 34.7 Å². The molecule has 0 unspecified atom stereocenters. The molecule has 0 bridgehead atoms. The zero-order valence-corrected chi connectivity index (χ0v) is 27.8. The molecule has 0 saturated carbocycles. The average molecular weight is 687 g/mol. The third kappa shape index (κ3) is 5.41. The Morgan fingerprint density at radius 2 is 1.83 bits per heavy atom. The number of pyridine rings is 2. The zero-order valence-electron chi connectivity index (χ0n) is 26.3. The standard InChI is InChI=1S/C33H32Cl2F3N7O2/c1-7-21(46)44-16(5)12-43(13-17(44)6)31-18-10-20(34)29(22-23(35)27(40)26(38)25(37)24(22)36)42-32(18)45(33(47)19(31)11-39)30-15(4)8-9-41-28(30)14(2)3/h7-10,14,16-17,28,41H,1,12-13,40H2,2-6H3/t16-,17+,28-/m1/s1. The van der Waals surface area contributed by atoms with Crippen LogP contribution in [0.5, 0.6) is 0 Å². The number of allylic oxidation sites excluding steroid dienone is 2. The number of anilines is 2. The Labute approximate surface area is 279 Å². The van der Waals surface area contributed by atoms with Gasteiger partial charge in [-0.05, 0) is 56.7 Å². The third-order valence-electron chi connectivity index (χ3n) is 8.60. The van der Waals surface area contributed by atoms with E-state index in [1.165, 1.54) is 16.7 Å². The van der Waals surface area contributed by atoms with Crippen LogP contribution in [0.1, 0.15) is 40.2 Å². The van der Waals surface area contributed by atoms with Gasteiger partial charge in [0.25, 0.3) is 5.56 Å². The molecule has 246 valence electrons. The van der Waals surface area contributed by atoms with Gasteiger partial charge in [0.1, 0.15) is 17.3 Å². The molecule has 2 aliphatic rings. The van der Waals surface area contributed by atoms with Gasteiger partial charge in [0.2, 0.25) is 5.91 Å². The van der Waals surface area contributed by atoms with Gasteiger partial charge in [0.05, 0.1) is 44.4 Å². The Bertz CT molecular complexity index is 1980. The number of halogens is 5. The van der Waals surface area contributed by atoms with Crippen LogP contribution in [-0.2, 0) is 4.79 Å². The normalized spacial score (nSPS) is 19.7. The van der Waals surface area contributed by atoms with Crippen LogP contribution in [0.2, 0.25) is 10.0 Å². The molecule has 2 aromatic heterocycles. The minimum Gasteiger partial charge on any atom is -0.395 e. The molecule has 5 rings (SSSR count). The van der Waals surface area contributed by atoms with Crippen molar-refractivity contribution in [3.8, 4) is 17.3 Å². The molecule has 0 aliphatic carbocycles. The van der Waals surface area contributed by atoms with Gasteiger partial charge >= 0.3 is 0 Å². The monoisotopic (exact) mass is 685 g/mol. The van der Waals surface area contributed by atoms with E-state index in [0.29, 0.717) is 11.3 Å². The molecule has 9 nitrogen and oxygen atoms in total. The van der Waals surface area contributed by atoms with Crippen molar-refractivity contribution in [3.63, 3.8) is 0 Å². The lowest BCUT2D eigenvalue weighted by molar-refractivity contribution is -0.130. The molecule has 0 spiro atoms. The van der Waals surface area contributed by atoms with Gasteiger partial charge in [0.15, 0.2) is 17.5 Å². The second-order valence-corrected chi connectivity index (χ2v) is 12.8. The number of carbonyl (C=O) groups is 1. The molecule has 3 N–H and O–H groups in total. The molecule has 14 heteroatoms. The summed E-state index contributed by atoms with van der Waals surface area (Å²) in [5.41, 5.74) is 4.17. The van der Waals surface area contributed by atoms with Gasteiger partial charge in [0, 0.05) is 30.6 Å². The van der Waals surface area contributed by atoms with Crippen molar-refractivity contribution in [2.24, 2.45) is 5.92 Å². The van der Waals surface area contributed by atoms with Crippen molar-refractivity contribution >= 4 is 57.2 Å². The third-order valence-corrected chi connectivity index (χ3v) is 9.28. The maximum atomic E-state index is 15.4. The molecule has 1 fully saturated rings. The van der Waals surface area contributed by atoms with Gasteiger partial charge in [-0.3, -0.25) is 14.2 Å². The number of amides is 1. The van der Waals surface area contributed by atoms with E-state index < -0.39 is 51.0 Å². The lowest BCUT2D eigenvalue weighted by Gasteiger charge is -2.45. The van der Waals surface area contributed by atoms with Gasteiger partial charge in [-0.15, -0.1) is 0 Å². The SMILES string of the molecule is C=CC(=O)N1[C@H](C)CN(c2c(C#N)c(=O)n(C3=C(C)C=CN[C@@H]3C(C)C)c3nc(-c4c(F)c(F)c(F)c(N)c4Cl)c(Cl)cc23)C[C@@H]1C. The van der Waals surface area contributed by atoms with Crippen LogP contribution in [0.4, 0.5) is 24.5 Å². The quantitative estimate of drug-likeness (QED) is 0.142. The number of nitrogens with one attached hydrogen (secondary N) is 1. The van der Waals surface area contributed by atoms with E-state index in [4.69, 9.17) is 28.9 Å². The highest BCUT2D eigenvalue weighted by Gasteiger charge is 2.36. The summed E-state index contributed by atoms with van der Waals surface area (Å²) < 4.78 is 45.7. The summed E-state index contributed by atoms with van der Waals surface area (Å²) in [5.74, 6) is -5.51. The molecule has 3 atom stereocenters. The number of aromatic nitrogens is 2. The predicted octanol–water partition coefficient (Wildman–Crippen LogP) is 6.23. The van der Waals surface area contributed by atoms with Crippen molar-refractivity contribution in [1.82, 2.24) is 19.8 Å². The summed E-state index contributed by atoms with van der Waals surface area (Å²) in [6.07, 6.45) is 4.74. The Morgan fingerprint density at radius 1 is 1.19 bits per heavy atom. The maximum absolute atomic E-state index is 15.4. The molecule has 3 aromatic rings. The first kappa shape index (κ1) is 33.9.